The van der Waals surface area contributed by atoms with Gasteiger partial charge in [0.25, 0.3) is 0 Å². The van der Waals surface area contributed by atoms with Gasteiger partial charge in [-0.15, -0.1) is 0 Å². The fraction of sp³-hybridized carbons (Fsp3) is 0.0588. The molecular formula is C17H13BrClN. The smallest absolute Gasteiger partial charge is 0.0568 e. The third kappa shape index (κ3) is 2.47. The van der Waals surface area contributed by atoms with Crippen LogP contribution < -0.4 is 5.73 Å². The molecule has 20 heavy (non-hydrogen) atoms. The third-order valence-electron chi connectivity index (χ3n) is 3.46. The second kappa shape index (κ2) is 5.57. The first-order valence-corrected chi connectivity index (χ1v) is 7.52. The summed E-state index contributed by atoms with van der Waals surface area (Å²) in [5.41, 5.74) is 8.61. The van der Waals surface area contributed by atoms with Gasteiger partial charge in [-0.05, 0) is 34.0 Å². The second-order valence-corrected chi connectivity index (χ2v) is 6.00. The van der Waals surface area contributed by atoms with Gasteiger partial charge in [0.15, 0.2) is 0 Å². The van der Waals surface area contributed by atoms with Crippen LogP contribution in [0.1, 0.15) is 17.2 Å². The van der Waals surface area contributed by atoms with Gasteiger partial charge >= 0.3 is 0 Å². The number of hydrogen-bond donors (Lipinski definition) is 1. The van der Waals surface area contributed by atoms with Crippen LogP contribution in [0.4, 0.5) is 0 Å². The first-order chi connectivity index (χ1) is 9.66. The minimum absolute atomic E-state index is 0.187. The number of fused-ring (bicyclic) bond motifs is 1. The Bertz CT molecular complexity index is 765. The zero-order chi connectivity index (χ0) is 14.1. The molecule has 0 fully saturated rings. The zero-order valence-corrected chi connectivity index (χ0v) is 13.0. The number of benzene rings is 3. The lowest BCUT2D eigenvalue weighted by Crippen LogP contribution is -2.12. The van der Waals surface area contributed by atoms with Crippen LogP contribution in [0.25, 0.3) is 10.8 Å². The lowest BCUT2D eigenvalue weighted by molar-refractivity contribution is 0.875. The van der Waals surface area contributed by atoms with Crippen LogP contribution in [0.15, 0.2) is 65.1 Å². The molecule has 0 saturated heterocycles. The molecule has 0 amide bonds. The summed E-state index contributed by atoms with van der Waals surface area (Å²) in [7, 11) is 0. The molecule has 0 saturated carbocycles. The molecule has 0 aliphatic heterocycles. The molecule has 1 unspecified atom stereocenters. The van der Waals surface area contributed by atoms with E-state index in [-0.39, 0.29) is 6.04 Å². The highest BCUT2D eigenvalue weighted by Crippen LogP contribution is 2.32. The van der Waals surface area contributed by atoms with Gasteiger partial charge in [0.2, 0.25) is 0 Å². The molecule has 0 spiro atoms. The first kappa shape index (κ1) is 13.6. The van der Waals surface area contributed by atoms with Crippen LogP contribution in [-0.4, -0.2) is 0 Å². The Morgan fingerprint density at radius 1 is 0.900 bits per heavy atom. The highest BCUT2D eigenvalue weighted by atomic mass is 79.9. The van der Waals surface area contributed by atoms with E-state index in [1.165, 1.54) is 10.8 Å². The summed E-state index contributed by atoms with van der Waals surface area (Å²) in [5, 5.41) is 3.08. The normalized spacial score (nSPS) is 12.6. The Morgan fingerprint density at radius 3 is 2.45 bits per heavy atom. The zero-order valence-electron chi connectivity index (χ0n) is 10.7. The molecule has 0 aromatic heterocycles. The van der Waals surface area contributed by atoms with Gasteiger partial charge in [-0.25, -0.2) is 0 Å². The Morgan fingerprint density at radius 2 is 1.65 bits per heavy atom. The van der Waals surface area contributed by atoms with E-state index in [2.05, 4.69) is 40.2 Å². The largest absolute Gasteiger partial charge is 0.320 e. The van der Waals surface area contributed by atoms with Gasteiger partial charge in [0.05, 0.1) is 6.04 Å². The molecule has 1 nitrogen and oxygen atoms in total. The summed E-state index contributed by atoms with van der Waals surface area (Å²) in [5.74, 6) is 0. The predicted octanol–water partition coefficient (Wildman–Crippen LogP) is 5.30. The quantitative estimate of drug-likeness (QED) is 0.669. The van der Waals surface area contributed by atoms with Crippen LogP contribution in [0.2, 0.25) is 5.02 Å². The highest BCUT2D eigenvalue weighted by molar-refractivity contribution is 9.10. The number of halogens is 2. The standard InChI is InChI=1S/C17H13BrClN/c18-16-10-12(19)8-9-15(16)17(20)14-7-3-5-11-4-1-2-6-13(11)14/h1-10,17H,20H2. The molecule has 0 radical (unpaired) electrons. The lowest BCUT2D eigenvalue weighted by atomic mass is 9.94. The average Bonchev–Trinajstić information content (AvgIpc) is 2.46. The minimum atomic E-state index is -0.187. The molecule has 2 N–H and O–H groups in total. The van der Waals surface area contributed by atoms with Crippen molar-refractivity contribution in [1.82, 2.24) is 0 Å². The molecule has 3 aromatic rings. The van der Waals surface area contributed by atoms with Crippen molar-refractivity contribution in [3.05, 3.63) is 81.3 Å². The van der Waals surface area contributed by atoms with Crippen molar-refractivity contribution in [3.63, 3.8) is 0 Å². The maximum Gasteiger partial charge on any atom is 0.0568 e. The SMILES string of the molecule is NC(c1ccc(Cl)cc1Br)c1cccc2ccccc12. The average molecular weight is 347 g/mol. The molecular weight excluding hydrogens is 334 g/mol. The van der Waals surface area contributed by atoms with Crippen molar-refractivity contribution in [2.24, 2.45) is 5.73 Å². The van der Waals surface area contributed by atoms with Crippen LogP contribution in [-0.2, 0) is 0 Å². The predicted molar refractivity (Wildman–Crippen MR) is 89.1 cm³/mol. The number of nitrogens with two attached hydrogens (primary N) is 1. The van der Waals surface area contributed by atoms with E-state index in [1.807, 2.05) is 36.4 Å². The summed E-state index contributed by atoms with van der Waals surface area (Å²) in [4.78, 5) is 0. The van der Waals surface area contributed by atoms with Crippen LogP contribution in [0, 0.1) is 0 Å². The highest BCUT2D eigenvalue weighted by Gasteiger charge is 2.14. The van der Waals surface area contributed by atoms with E-state index < -0.39 is 0 Å². The van der Waals surface area contributed by atoms with Crippen molar-refractivity contribution >= 4 is 38.3 Å². The van der Waals surface area contributed by atoms with Crippen LogP contribution in [0.5, 0.6) is 0 Å². The number of rotatable bonds is 2. The van der Waals surface area contributed by atoms with Gasteiger partial charge < -0.3 is 5.73 Å². The summed E-state index contributed by atoms with van der Waals surface area (Å²) in [6.45, 7) is 0. The maximum atomic E-state index is 6.46. The van der Waals surface area contributed by atoms with E-state index >= 15 is 0 Å². The van der Waals surface area contributed by atoms with Crippen molar-refractivity contribution in [1.29, 1.82) is 0 Å². The minimum Gasteiger partial charge on any atom is -0.320 e. The molecule has 100 valence electrons. The molecule has 1 atom stereocenters. The fourth-order valence-corrected chi connectivity index (χ4v) is 3.37. The van der Waals surface area contributed by atoms with E-state index in [9.17, 15) is 0 Å². The topological polar surface area (TPSA) is 26.0 Å². The van der Waals surface area contributed by atoms with Crippen molar-refractivity contribution in [2.75, 3.05) is 0 Å². The molecule has 0 aliphatic rings. The lowest BCUT2D eigenvalue weighted by Gasteiger charge is -2.17. The first-order valence-electron chi connectivity index (χ1n) is 6.35. The van der Waals surface area contributed by atoms with Gasteiger partial charge in [0.1, 0.15) is 0 Å². The summed E-state index contributed by atoms with van der Waals surface area (Å²) >= 11 is 9.54. The van der Waals surface area contributed by atoms with Crippen molar-refractivity contribution < 1.29 is 0 Å². The Labute approximate surface area is 131 Å². The molecule has 3 aromatic carbocycles. The maximum absolute atomic E-state index is 6.46. The van der Waals surface area contributed by atoms with Gasteiger partial charge in [-0.1, -0.05) is 76.1 Å². The van der Waals surface area contributed by atoms with Gasteiger partial charge in [-0.3, -0.25) is 0 Å². The summed E-state index contributed by atoms with van der Waals surface area (Å²) in [6, 6.07) is 20.0. The second-order valence-electron chi connectivity index (χ2n) is 4.71. The van der Waals surface area contributed by atoms with Crippen molar-refractivity contribution in [3.8, 4) is 0 Å². The Balaban J connectivity index is 2.15. The monoisotopic (exact) mass is 345 g/mol. The summed E-state index contributed by atoms with van der Waals surface area (Å²) in [6.07, 6.45) is 0. The molecule has 3 rings (SSSR count). The van der Waals surface area contributed by atoms with Gasteiger partial charge in [0, 0.05) is 9.50 Å². The molecule has 0 heterocycles. The van der Waals surface area contributed by atoms with E-state index in [0.29, 0.717) is 5.02 Å². The third-order valence-corrected chi connectivity index (χ3v) is 4.38. The van der Waals surface area contributed by atoms with E-state index in [0.717, 1.165) is 15.6 Å². The fourth-order valence-electron chi connectivity index (χ4n) is 2.44. The van der Waals surface area contributed by atoms with E-state index in [4.69, 9.17) is 17.3 Å². The molecule has 0 bridgehead atoms. The van der Waals surface area contributed by atoms with Gasteiger partial charge in [-0.2, -0.15) is 0 Å². The van der Waals surface area contributed by atoms with Crippen LogP contribution in [0.3, 0.4) is 0 Å². The number of hydrogen-bond acceptors (Lipinski definition) is 1. The van der Waals surface area contributed by atoms with E-state index in [1.54, 1.807) is 0 Å². The summed E-state index contributed by atoms with van der Waals surface area (Å²) < 4.78 is 0.936. The van der Waals surface area contributed by atoms with Crippen LogP contribution >= 0.6 is 27.5 Å². The Hall–Kier alpha value is -1.35. The van der Waals surface area contributed by atoms with Crippen molar-refractivity contribution in [2.45, 2.75) is 6.04 Å². The Kier molecular flexibility index (Phi) is 3.79. The molecule has 0 aliphatic carbocycles. The molecule has 3 heteroatoms.